The van der Waals surface area contributed by atoms with Crippen LogP contribution in [0.3, 0.4) is 0 Å². The first-order valence-electron chi connectivity index (χ1n) is 6.84. The zero-order valence-corrected chi connectivity index (χ0v) is 12.8. The van der Waals surface area contributed by atoms with Crippen molar-refractivity contribution in [3.8, 4) is 5.75 Å². The molecule has 0 aliphatic carbocycles. The molecule has 104 valence electrons. The van der Waals surface area contributed by atoms with Gasteiger partial charge in [0, 0.05) is 23.1 Å². The van der Waals surface area contributed by atoms with Gasteiger partial charge in [0.2, 0.25) is 0 Å². The van der Waals surface area contributed by atoms with Crippen molar-refractivity contribution in [2.45, 2.75) is 25.3 Å². The minimum atomic E-state index is -0.0207. The number of hydrogen-bond donors (Lipinski definition) is 1. The first-order chi connectivity index (χ1) is 9.72. The summed E-state index contributed by atoms with van der Waals surface area (Å²) in [7, 11) is 0. The van der Waals surface area contributed by atoms with Crippen LogP contribution in [0.25, 0.3) is 0 Å². The van der Waals surface area contributed by atoms with Crippen LogP contribution in [-0.2, 0) is 12.8 Å². The van der Waals surface area contributed by atoms with E-state index in [1.54, 1.807) is 6.20 Å². The molecule has 20 heavy (non-hydrogen) atoms. The number of hydrogen-bond acceptors (Lipinski definition) is 3. The number of benzene rings is 1. The van der Waals surface area contributed by atoms with E-state index in [9.17, 15) is 0 Å². The lowest BCUT2D eigenvalue weighted by molar-refractivity contribution is 0.357. The number of aromatic nitrogens is 1. The van der Waals surface area contributed by atoms with Crippen LogP contribution in [0.4, 0.5) is 0 Å². The van der Waals surface area contributed by atoms with Gasteiger partial charge in [-0.1, -0.05) is 12.1 Å². The van der Waals surface area contributed by atoms with Crippen LogP contribution < -0.4 is 10.5 Å². The van der Waals surface area contributed by atoms with E-state index in [0.717, 1.165) is 41.8 Å². The summed E-state index contributed by atoms with van der Waals surface area (Å²) in [6.07, 6.45) is 4.67. The van der Waals surface area contributed by atoms with Crippen LogP contribution in [0, 0.1) is 0 Å². The van der Waals surface area contributed by atoms with Crippen molar-refractivity contribution in [2.24, 2.45) is 5.73 Å². The van der Waals surface area contributed by atoms with Crippen molar-refractivity contribution < 1.29 is 4.74 Å². The largest absolute Gasteiger partial charge is 0.493 e. The Hall–Kier alpha value is -1.39. The van der Waals surface area contributed by atoms with E-state index in [1.807, 2.05) is 12.1 Å². The quantitative estimate of drug-likeness (QED) is 0.933. The molecule has 2 aromatic rings. The second-order valence-corrected chi connectivity index (χ2v) is 6.00. The number of halogens is 1. The summed E-state index contributed by atoms with van der Waals surface area (Å²) in [5.41, 5.74) is 9.78. The Morgan fingerprint density at radius 2 is 2.20 bits per heavy atom. The highest BCUT2D eigenvalue weighted by atomic mass is 79.9. The van der Waals surface area contributed by atoms with Crippen LogP contribution in [0.15, 0.2) is 41.0 Å². The molecule has 1 aliphatic rings. The number of nitrogens with two attached hydrogens (primary N) is 1. The van der Waals surface area contributed by atoms with Gasteiger partial charge in [0.25, 0.3) is 0 Å². The molecule has 1 aromatic carbocycles. The van der Waals surface area contributed by atoms with Crippen LogP contribution in [0.5, 0.6) is 5.75 Å². The molecule has 1 unspecified atom stereocenters. The minimum absolute atomic E-state index is 0.0207. The van der Waals surface area contributed by atoms with Crippen LogP contribution in [0.1, 0.15) is 29.3 Å². The zero-order chi connectivity index (χ0) is 13.9. The average molecular weight is 333 g/mol. The van der Waals surface area contributed by atoms with Gasteiger partial charge in [0.1, 0.15) is 5.75 Å². The fourth-order valence-electron chi connectivity index (χ4n) is 2.47. The molecule has 1 aromatic heterocycles. The maximum Gasteiger partial charge on any atom is 0.122 e. The van der Waals surface area contributed by atoms with Gasteiger partial charge < -0.3 is 10.5 Å². The predicted molar refractivity (Wildman–Crippen MR) is 82.8 cm³/mol. The van der Waals surface area contributed by atoms with E-state index in [2.05, 4.69) is 39.1 Å². The first kappa shape index (κ1) is 13.6. The molecule has 3 rings (SSSR count). The molecule has 0 saturated heterocycles. The van der Waals surface area contributed by atoms with Gasteiger partial charge in [0.05, 0.1) is 12.3 Å². The third-order valence-electron chi connectivity index (χ3n) is 3.63. The number of fused-ring (bicyclic) bond motifs is 1. The summed E-state index contributed by atoms with van der Waals surface area (Å²) in [5, 5.41) is 0. The molecule has 0 bridgehead atoms. The summed E-state index contributed by atoms with van der Waals surface area (Å²) < 4.78 is 6.50. The molecule has 2 N–H and O–H groups in total. The highest BCUT2D eigenvalue weighted by Gasteiger charge is 2.13. The number of pyridine rings is 1. The third-order valence-corrected chi connectivity index (χ3v) is 4.10. The Bertz CT molecular complexity index is 598. The molecule has 4 heteroatoms. The minimum Gasteiger partial charge on any atom is -0.493 e. The molecule has 0 spiro atoms. The van der Waals surface area contributed by atoms with Crippen molar-refractivity contribution in [2.75, 3.05) is 6.61 Å². The Labute approximate surface area is 127 Å². The van der Waals surface area contributed by atoms with Gasteiger partial charge in [0.15, 0.2) is 0 Å². The zero-order valence-electron chi connectivity index (χ0n) is 11.2. The first-order valence-corrected chi connectivity index (χ1v) is 7.63. The van der Waals surface area contributed by atoms with Crippen LogP contribution in [0.2, 0.25) is 0 Å². The van der Waals surface area contributed by atoms with E-state index < -0.39 is 0 Å². The second-order valence-electron chi connectivity index (χ2n) is 5.09. The smallest absolute Gasteiger partial charge is 0.122 e. The Balaban J connectivity index is 1.63. The van der Waals surface area contributed by atoms with Crippen molar-refractivity contribution in [1.82, 2.24) is 4.98 Å². The lowest BCUT2D eigenvalue weighted by Gasteiger charge is -2.11. The lowest BCUT2D eigenvalue weighted by Crippen LogP contribution is -2.12. The van der Waals surface area contributed by atoms with Crippen molar-refractivity contribution in [3.05, 3.63) is 57.8 Å². The monoisotopic (exact) mass is 332 g/mol. The van der Waals surface area contributed by atoms with E-state index in [4.69, 9.17) is 10.5 Å². The summed E-state index contributed by atoms with van der Waals surface area (Å²) >= 11 is 3.38. The fraction of sp³-hybridized carbons (Fsp3) is 0.312. The maximum absolute atomic E-state index is 6.20. The number of aryl methyl sites for hydroxylation is 1. The lowest BCUT2D eigenvalue weighted by atomic mass is 10.0. The summed E-state index contributed by atoms with van der Waals surface area (Å²) in [4.78, 5) is 4.36. The van der Waals surface area contributed by atoms with Crippen molar-refractivity contribution >= 4 is 15.9 Å². The van der Waals surface area contributed by atoms with Gasteiger partial charge >= 0.3 is 0 Å². The van der Waals surface area contributed by atoms with E-state index in [0.29, 0.717) is 0 Å². The predicted octanol–water partition coefficient (Wildman–Crippen LogP) is 3.41. The number of rotatable bonds is 4. The summed E-state index contributed by atoms with van der Waals surface area (Å²) in [5.74, 6) is 1.03. The van der Waals surface area contributed by atoms with Gasteiger partial charge in [-0.3, -0.25) is 4.98 Å². The van der Waals surface area contributed by atoms with Gasteiger partial charge in [-0.2, -0.15) is 0 Å². The maximum atomic E-state index is 6.20. The number of ether oxygens (including phenoxy) is 1. The molecule has 0 fully saturated rings. The van der Waals surface area contributed by atoms with E-state index in [-0.39, 0.29) is 6.04 Å². The highest BCUT2D eigenvalue weighted by Crippen LogP contribution is 2.27. The molecule has 1 aliphatic heterocycles. The summed E-state index contributed by atoms with van der Waals surface area (Å²) in [6, 6.07) is 10.4. The van der Waals surface area contributed by atoms with Gasteiger partial charge in [-0.25, -0.2) is 0 Å². The van der Waals surface area contributed by atoms with Crippen LogP contribution >= 0.6 is 15.9 Å². The van der Waals surface area contributed by atoms with E-state index in [1.165, 1.54) is 11.1 Å². The molecular formula is C16H17BrN2O. The van der Waals surface area contributed by atoms with E-state index >= 15 is 0 Å². The second kappa shape index (κ2) is 5.94. The standard InChI is InChI=1S/C16H17BrN2O/c17-13-3-5-15(19-10-13)14(18)4-1-11-2-6-16-12(9-11)7-8-20-16/h2-3,5-6,9-10,14H,1,4,7-8,18H2. The average Bonchev–Trinajstić information content (AvgIpc) is 2.93. The molecule has 0 radical (unpaired) electrons. The Morgan fingerprint density at radius 3 is 3.00 bits per heavy atom. The third kappa shape index (κ3) is 3.02. The molecule has 3 nitrogen and oxygen atoms in total. The molecule has 2 heterocycles. The molecule has 1 atom stereocenters. The topological polar surface area (TPSA) is 48.1 Å². The summed E-state index contributed by atoms with van der Waals surface area (Å²) in [6.45, 7) is 0.807. The normalized spacial score (nSPS) is 14.7. The highest BCUT2D eigenvalue weighted by molar-refractivity contribution is 9.10. The van der Waals surface area contributed by atoms with Gasteiger partial charge in [-0.15, -0.1) is 0 Å². The molecule has 0 saturated carbocycles. The molecular weight excluding hydrogens is 316 g/mol. The Kier molecular flexibility index (Phi) is 4.03. The van der Waals surface area contributed by atoms with Gasteiger partial charge in [-0.05, 0) is 58.1 Å². The van der Waals surface area contributed by atoms with Crippen LogP contribution in [-0.4, -0.2) is 11.6 Å². The SMILES string of the molecule is NC(CCc1ccc2c(c1)CCO2)c1ccc(Br)cn1. The molecule has 0 amide bonds. The fourth-order valence-corrected chi connectivity index (χ4v) is 2.71. The Morgan fingerprint density at radius 1 is 1.30 bits per heavy atom. The number of nitrogens with zero attached hydrogens (tertiary/aromatic N) is 1. The van der Waals surface area contributed by atoms with Crippen molar-refractivity contribution in [3.63, 3.8) is 0 Å². The van der Waals surface area contributed by atoms with Crippen molar-refractivity contribution in [1.29, 1.82) is 0 Å².